The summed E-state index contributed by atoms with van der Waals surface area (Å²) >= 11 is 0. The lowest BCUT2D eigenvalue weighted by Crippen LogP contribution is -2.37. The number of halogens is 1. The van der Waals surface area contributed by atoms with Crippen LogP contribution in [-0.4, -0.2) is 18.6 Å². The molecule has 0 aliphatic carbocycles. The summed E-state index contributed by atoms with van der Waals surface area (Å²) in [4.78, 5) is 11.6. The van der Waals surface area contributed by atoms with E-state index in [0.717, 1.165) is 12.8 Å². The Hall–Kier alpha value is -1.58. The molecule has 0 saturated heterocycles. The smallest absolute Gasteiger partial charge is 0.258 e. The highest BCUT2D eigenvalue weighted by atomic mass is 19.1. The normalized spacial score (nSPS) is 10.5. The molecule has 100 valence electrons. The molecule has 1 rings (SSSR count). The molecule has 3 nitrogen and oxygen atoms in total. The van der Waals surface area contributed by atoms with Gasteiger partial charge in [-0.25, -0.2) is 4.39 Å². The van der Waals surface area contributed by atoms with Gasteiger partial charge in [0, 0.05) is 6.04 Å². The Balaban J connectivity index is 2.50. The Morgan fingerprint density at radius 1 is 1.39 bits per heavy atom. The van der Waals surface area contributed by atoms with Gasteiger partial charge >= 0.3 is 0 Å². The Morgan fingerprint density at radius 3 is 2.67 bits per heavy atom. The summed E-state index contributed by atoms with van der Waals surface area (Å²) in [6.45, 7) is 5.52. The van der Waals surface area contributed by atoms with Crippen molar-refractivity contribution < 1.29 is 13.9 Å². The van der Waals surface area contributed by atoms with Crippen LogP contribution in [0.15, 0.2) is 18.2 Å². The van der Waals surface area contributed by atoms with Gasteiger partial charge in [0.05, 0.1) is 0 Å². The average Bonchev–Trinajstić information content (AvgIpc) is 2.37. The highest BCUT2D eigenvalue weighted by Crippen LogP contribution is 2.19. The van der Waals surface area contributed by atoms with Gasteiger partial charge in [0.15, 0.2) is 18.2 Å². The Labute approximate surface area is 107 Å². The SMILES string of the molecule is CCC(CC)NC(=O)COc1cccc(C)c1F. The first-order valence-corrected chi connectivity index (χ1v) is 6.25. The number of ether oxygens (including phenoxy) is 1. The standard InChI is InChI=1S/C14H20FNO2/c1-4-11(5-2)16-13(17)9-18-12-8-6-7-10(3)14(12)15/h6-8,11H,4-5,9H2,1-3H3,(H,16,17). The number of amides is 1. The van der Waals surface area contributed by atoms with Gasteiger partial charge in [-0.2, -0.15) is 0 Å². The highest BCUT2D eigenvalue weighted by Gasteiger charge is 2.11. The molecular formula is C14H20FNO2. The van der Waals surface area contributed by atoms with E-state index in [-0.39, 0.29) is 24.3 Å². The predicted octanol–water partition coefficient (Wildman–Crippen LogP) is 2.82. The zero-order chi connectivity index (χ0) is 13.5. The summed E-state index contributed by atoms with van der Waals surface area (Å²) in [6, 6.07) is 5.04. The zero-order valence-corrected chi connectivity index (χ0v) is 11.1. The summed E-state index contributed by atoms with van der Waals surface area (Å²) in [7, 11) is 0. The van der Waals surface area contributed by atoms with Crippen LogP contribution in [0.2, 0.25) is 0 Å². The fraction of sp³-hybridized carbons (Fsp3) is 0.500. The van der Waals surface area contributed by atoms with E-state index in [9.17, 15) is 9.18 Å². The van der Waals surface area contributed by atoms with Crippen LogP contribution >= 0.6 is 0 Å². The minimum absolute atomic E-state index is 0.120. The van der Waals surface area contributed by atoms with Crippen molar-refractivity contribution in [1.82, 2.24) is 5.32 Å². The van der Waals surface area contributed by atoms with Crippen molar-refractivity contribution in [3.05, 3.63) is 29.6 Å². The van der Waals surface area contributed by atoms with E-state index in [1.54, 1.807) is 19.1 Å². The van der Waals surface area contributed by atoms with E-state index in [4.69, 9.17) is 4.74 Å². The minimum atomic E-state index is -0.409. The molecule has 0 unspecified atom stereocenters. The van der Waals surface area contributed by atoms with Gasteiger partial charge in [-0.05, 0) is 31.4 Å². The Morgan fingerprint density at radius 2 is 2.06 bits per heavy atom. The van der Waals surface area contributed by atoms with Crippen molar-refractivity contribution in [2.75, 3.05) is 6.61 Å². The van der Waals surface area contributed by atoms with E-state index in [1.807, 2.05) is 13.8 Å². The van der Waals surface area contributed by atoms with E-state index in [0.29, 0.717) is 5.56 Å². The van der Waals surface area contributed by atoms with E-state index in [1.165, 1.54) is 6.07 Å². The molecule has 0 aliphatic heterocycles. The fourth-order valence-electron chi connectivity index (χ4n) is 1.64. The second-order valence-corrected chi connectivity index (χ2v) is 4.26. The lowest BCUT2D eigenvalue weighted by molar-refractivity contribution is -0.123. The van der Waals surface area contributed by atoms with Crippen molar-refractivity contribution in [3.8, 4) is 5.75 Å². The lowest BCUT2D eigenvalue weighted by atomic mass is 10.2. The third-order valence-corrected chi connectivity index (χ3v) is 2.87. The topological polar surface area (TPSA) is 38.3 Å². The largest absolute Gasteiger partial charge is 0.481 e. The number of rotatable bonds is 6. The van der Waals surface area contributed by atoms with Crippen LogP contribution in [-0.2, 0) is 4.79 Å². The van der Waals surface area contributed by atoms with Gasteiger partial charge in [0.25, 0.3) is 5.91 Å². The molecule has 0 bridgehead atoms. The zero-order valence-electron chi connectivity index (χ0n) is 11.1. The van der Waals surface area contributed by atoms with Crippen molar-refractivity contribution in [3.63, 3.8) is 0 Å². The molecule has 1 aromatic rings. The van der Waals surface area contributed by atoms with Gasteiger partial charge in [-0.3, -0.25) is 4.79 Å². The Kier molecular flexibility index (Phi) is 5.62. The monoisotopic (exact) mass is 253 g/mol. The van der Waals surface area contributed by atoms with Crippen LogP contribution in [0.5, 0.6) is 5.75 Å². The molecule has 0 saturated carbocycles. The van der Waals surface area contributed by atoms with Crippen LogP contribution < -0.4 is 10.1 Å². The summed E-state index contributed by atoms with van der Waals surface area (Å²) in [5, 5.41) is 2.83. The third kappa shape index (κ3) is 4.02. The number of benzene rings is 1. The maximum absolute atomic E-state index is 13.6. The van der Waals surface area contributed by atoms with Gasteiger partial charge in [0.2, 0.25) is 0 Å². The Bertz CT molecular complexity index is 403. The van der Waals surface area contributed by atoms with Gasteiger partial charge in [-0.15, -0.1) is 0 Å². The van der Waals surface area contributed by atoms with Crippen LogP contribution in [0.25, 0.3) is 0 Å². The molecule has 18 heavy (non-hydrogen) atoms. The summed E-state index contributed by atoms with van der Waals surface area (Å²) < 4.78 is 18.8. The summed E-state index contributed by atoms with van der Waals surface area (Å²) in [5.41, 5.74) is 0.507. The van der Waals surface area contributed by atoms with Crippen molar-refractivity contribution in [1.29, 1.82) is 0 Å². The first-order valence-electron chi connectivity index (χ1n) is 6.25. The molecule has 0 radical (unpaired) electrons. The van der Waals surface area contributed by atoms with E-state index >= 15 is 0 Å². The molecular weight excluding hydrogens is 233 g/mol. The average molecular weight is 253 g/mol. The van der Waals surface area contributed by atoms with E-state index in [2.05, 4.69) is 5.32 Å². The van der Waals surface area contributed by atoms with Crippen LogP contribution in [0.1, 0.15) is 32.3 Å². The third-order valence-electron chi connectivity index (χ3n) is 2.87. The number of hydrogen-bond acceptors (Lipinski definition) is 2. The minimum Gasteiger partial charge on any atom is -0.481 e. The predicted molar refractivity (Wildman–Crippen MR) is 69.1 cm³/mol. The second kappa shape index (κ2) is 6.99. The van der Waals surface area contributed by atoms with Crippen molar-refractivity contribution >= 4 is 5.91 Å². The number of aryl methyl sites for hydroxylation is 1. The maximum atomic E-state index is 13.6. The van der Waals surface area contributed by atoms with Crippen molar-refractivity contribution in [2.24, 2.45) is 0 Å². The van der Waals surface area contributed by atoms with Crippen LogP contribution in [0, 0.1) is 12.7 Å². The number of nitrogens with one attached hydrogen (secondary N) is 1. The van der Waals surface area contributed by atoms with Gasteiger partial charge in [-0.1, -0.05) is 26.0 Å². The molecule has 0 fully saturated rings. The number of hydrogen-bond donors (Lipinski definition) is 1. The molecule has 0 atom stereocenters. The summed E-state index contributed by atoms with van der Waals surface area (Å²) in [6.07, 6.45) is 1.75. The lowest BCUT2D eigenvalue weighted by Gasteiger charge is -2.15. The molecule has 4 heteroatoms. The molecule has 0 spiro atoms. The van der Waals surface area contributed by atoms with Gasteiger partial charge in [0.1, 0.15) is 0 Å². The van der Waals surface area contributed by atoms with Crippen LogP contribution in [0.4, 0.5) is 4.39 Å². The quantitative estimate of drug-likeness (QED) is 0.846. The van der Waals surface area contributed by atoms with E-state index < -0.39 is 5.82 Å². The maximum Gasteiger partial charge on any atom is 0.258 e. The molecule has 1 N–H and O–H groups in total. The summed E-state index contributed by atoms with van der Waals surface area (Å²) in [5.74, 6) is -0.507. The molecule has 0 aromatic heterocycles. The molecule has 0 aliphatic rings. The molecule has 1 amide bonds. The van der Waals surface area contributed by atoms with Crippen molar-refractivity contribution in [2.45, 2.75) is 39.7 Å². The number of carbonyl (C=O) groups is 1. The second-order valence-electron chi connectivity index (χ2n) is 4.26. The van der Waals surface area contributed by atoms with Crippen LogP contribution in [0.3, 0.4) is 0 Å². The first kappa shape index (κ1) is 14.5. The first-order chi connectivity index (χ1) is 8.58. The fourth-order valence-corrected chi connectivity index (χ4v) is 1.64. The molecule has 0 heterocycles. The number of carbonyl (C=O) groups excluding carboxylic acids is 1. The molecule has 1 aromatic carbocycles. The van der Waals surface area contributed by atoms with Gasteiger partial charge < -0.3 is 10.1 Å². The highest BCUT2D eigenvalue weighted by molar-refractivity contribution is 5.77.